The summed E-state index contributed by atoms with van der Waals surface area (Å²) in [6.07, 6.45) is -4.08. The van der Waals surface area contributed by atoms with Gasteiger partial charge in [0.25, 0.3) is 0 Å². The van der Waals surface area contributed by atoms with Crippen LogP contribution in [0.15, 0.2) is 54.7 Å². The Labute approximate surface area is 211 Å². The molecule has 0 aliphatic carbocycles. The number of alkyl halides is 3. The number of likely N-dealkylation sites (tertiary alicyclic amines) is 1. The van der Waals surface area contributed by atoms with Crippen molar-refractivity contribution in [2.24, 2.45) is 0 Å². The van der Waals surface area contributed by atoms with E-state index in [2.05, 4.69) is 20.6 Å². The summed E-state index contributed by atoms with van der Waals surface area (Å²) in [5.74, 6) is -0.689. The van der Waals surface area contributed by atoms with E-state index in [1.165, 1.54) is 25.3 Å². The molecular formula is C25H27F4N5O3. The molecule has 1 aromatic heterocycles. The van der Waals surface area contributed by atoms with Crippen molar-refractivity contribution in [1.82, 2.24) is 20.0 Å². The lowest BCUT2D eigenvalue weighted by atomic mass is 9.94. The average Bonchev–Trinajstić information content (AvgIpc) is 3.47. The molecule has 8 nitrogen and oxygen atoms in total. The topological polar surface area (TPSA) is 80.7 Å². The second kappa shape index (κ2) is 11.2. The first-order valence-electron chi connectivity index (χ1n) is 11.5. The van der Waals surface area contributed by atoms with Crippen molar-refractivity contribution in [2.45, 2.75) is 18.1 Å². The maximum absolute atomic E-state index is 13.8. The number of halogens is 4. The Balaban J connectivity index is 1.59. The summed E-state index contributed by atoms with van der Waals surface area (Å²) in [5.41, 5.74) is -0.00124. The molecule has 12 heteroatoms. The Kier molecular flexibility index (Phi) is 7.98. The molecular weight excluding hydrogens is 494 g/mol. The van der Waals surface area contributed by atoms with Crippen molar-refractivity contribution in [2.75, 3.05) is 45.8 Å². The molecule has 0 spiro atoms. The zero-order valence-electron chi connectivity index (χ0n) is 20.3. The van der Waals surface area contributed by atoms with Crippen LogP contribution in [-0.2, 0) is 10.9 Å². The minimum Gasteiger partial charge on any atom is -0.497 e. The zero-order chi connectivity index (χ0) is 26.6. The van der Waals surface area contributed by atoms with Gasteiger partial charge in [-0.15, -0.1) is 0 Å². The van der Waals surface area contributed by atoms with Gasteiger partial charge < -0.3 is 14.8 Å². The van der Waals surface area contributed by atoms with Crippen LogP contribution in [0.4, 0.5) is 28.2 Å². The molecule has 2 amide bonds. The van der Waals surface area contributed by atoms with Crippen LogP contribution >= 0.6 is 0 Å². The zero-order valence-corrected chi connectivity index (χ0v) is 20.3. The van der Waals surface area contributed by atoms with Crippen LogP contribution in [0.1, 0.15) is 17.0 Å². The number of anilines is 1. The minimum absolute atomic E-state index is 0.200. The number of urea groups is 1. The van der Waals surface area contributed by atoms with Gasteiger partial charge in [-0.3, -0.25) is 10.2 Å². The molecule has 0 radical (unpaired) electrons. The molecule has 1 aliphatic rings. The first kappa shape index (κ1) is 26.4. The number of aromatic nitrogens is 2. The molecule has 1 saturated heterocycles. The molecule has 2 atom stereocenters. The number of carbonyl (C=O) groups excluding carboxylic acids is 1. The van der Waals surface area contributed by atoms with E-state index in [0.29, 0.717) is 38.2 Å². The maximum Gasteiger partial charge on any atom is 0.421 e. The number of hydrogen-bond donors (Lipinski definition) is 2. The first-order chi connectivity index (χ1) is 17.7. The van der Waals surface area contributed by atoms with Crippen molar-refractivity contribution in [1.29, 1.82) is 0 Å². The third-order valence-corrected chi connectivity index (χ3v) is 6.23. The second-order valence-corrected chi connectivity index (χ2v) is 8.63. The fourth-order valence-electron chi connectivity index (χ4n) is 4.41. The van der Waals surface area contributed by atoms with E-state index in [0.717, 1.165) is 10.2 Å². The Morgan fingerprint density at radius 2 is 1.89 bits per heavy atom. The second-order valence-electron chi connectivity index (χ2n) is 8.63. The van der Waals surface area contributed by atoms with E-state index in [1.807, 2.05) is 0 Å². The fourth-order valence-corrected chi connectivity index (χ4v) is 4.41. The number of carbonyl (C=O) groups is 1. The number of hydrogen-bond acceptors (Lipinski definition) is 5. The van der Waals surface area contributed by atoms with Crippen LogP contribution in [0, 0.1) is 5.82 Å². The third-order valence-electron chi connectivity index (χ3n) is 6.23. The van der Waals surface area contributed by atoms with Gasteiger partial charge in [-0.25, -0.2) is 13.9 Å². The Morgan fingerprint density at radius 3 is 2.57 bits per heavy atom. The van der Waals surface area contributed by atoms with Gasteiger partial charge in [0.05, 0.1) is 31.6 Å². The Bertz CT molecular complexity index is 1220. The van der Waals surface area contributed by atoms with Gasteiger partial charge in [0.2, 0.25) is 0 Å². The van der Waals surface area contributed by atoms with E-state index in [9.17, 15) is 22.4 Å². The highest BCUT2D eigenvalue weighted by atomic mass is 19.4. The average molecular weight is 522 g/mol. The van der Waals surface area contributed by atoms with E-state index in [1.54, 1.807) is 37.4 Å². The molecule has 198 valence electrons. The molecule has 2 heterocycles. The highest BCUT2D eigenvalue weighted by Crippen LogP contribution is 2.36. The van der Waals surface area contributed by atoms with Gasteiger partial charge >= 0.3 is 12.2 Å². The number of nitrogens with one attached hydrogen (secondary N) is 2. The van der Waals surface area contributed by atoms with Gasteiger partial charge in [-0.2, -0.15) is 18.3 Å². The number of ether oxygens (including phenoxy) is 2. The van der Waals surface area contributed by atoms with Gasteiger partial charge in [-0.05, 0) is 29.8 Å². The molecule has 37 heavy (non-hydrogen) atoms. The summed E-state index contributed by atoms with van der Waals surface area (Å²) in [6.45, 7) is 2.09. The van der Waals surface area contributed by atoms with Crippen molar-refractivity contribution >= 4 is 11.8 Å². The number of amides is 2. The largest absolute Gasteiger partial charge is 0.497 e. The molecule has 0 bridgehead atoms. The van der Waals surface area contributed by atoms with Crippen molar-refractivity contribution in [3.8, 4) is 11.4 Å². The van der Waals surface area contributed by atoms with Gasteiger partial charge in [0.1, 0.15) is 22.9 Å². The molecule has 4 rings (SSSR count). The quantitative estimate of drug-likeness (QED) is 0.433. The Morgan fingerprint density at radius 1 is 1.14 bits per heavy atom. The van der Waals surface area contributed by atoms with E-state index in [4.69, 9.17) is 9.47 Å². The molecule has 0 unspecified atom stereocenters. The van der Waals surface area contributed by atoms with Crippen LogP contribution in [-0.4, -0.2) is 67.2 Å². The number of benzene rings is 2. The van der Waals surface area contributed by atoms with Gasteiger partial charge in [0.15, 0.2) is 0 Å². The van der Waals surface area contributed by atoms with Crippen LogP contribution in [0.25, 0.3) is 5.69 Å². The summed E-state index contributed by atoms with van der Waals surface area (Å²) in [7, 11) is 3.02. The highest BCUT2D eigenvalue weighted by molar-refractivity contribution is 5.90. The van der Waals surface area contributed by atoms with Crippen molar-refractivity contribution in [3.63, 3.8) is 0 Å². The lowest BCUT2D eigenvalue weighted by Crippen LogP contribution is -2.42. The summed E-state index contributed by atoms with van der Waals surface area (Å²) in [6, 6.07) is 11.0. The molecule has 1 fully saturated rings. The summed E-state index contributed by atoms with van der Waals surface area (Å²) in [5, 5.41) is 9.03. The number of methoxy groups -OCH3 is 2. The van der Waals surface area contributed by atoms with E-state index >= 15 is 0 Å². The van der Waals surface area contributed by atoms with Crippen LogP contribution < -0.4 is 15.4 Å². The van der Waals surface area contributed by atoms with Crippen molar-refractivity contribution in [3.05, 3.63) is 71.7 Å². The lowest BCUT2D eigenvalue weighted by Gasteiger charge is -2.21. The lowest BCUT2D eigenvalue weighted by molar-refractivity contribution is -0.136. The van der Waals surface area contributed by atoms with E-state index < -0.39 is 29.6 Å². The van der Waals surface area contributed by atoms with Crippen LogP contribution in [0.5, 0.6) is 5.75 Å². The predicted molar refractivity (Wildman–Crippen MR) is 129 cm³/mol. The maximum atomic E-state index is 13.8. The summed E-state index contributed by atoms with van der Waals surface area (Å²) < 4.78 is 66.1. The SMILES string of the molecule is COCCN1C[C@@H](NC(=O)Nc2c(C(F)(F)F)cnn2-c2cccc(OC)c2)[C@H](c2ccc(F)cc2)C1. The van der Waals surface area contributed by atoms with Crippen LogP contribution in [0.3, 0.4) is 0 Å². The first-order valence-corrected chi connectivity index (χ1v) is 11.5. The van der Waals surface area contributed by atoms with Crippen LogP contribution in [0.2, 0.25) is 0 Å². The molecule has 0 saturated carbocycles. The smallest absolute Gasteiger partial charge is 0.421 e. The third kappa shape index (κ3) is 6.20. The normalized spacial score (nSPS) is 18.1. The summed E-state index contributed by atoms with van der Waals surface area (Å²) in [4.78, 5) is 15.1. The standard InChI is InChI=1S/C25H27F4N5O3/c1-36-11-10-33-14-20(16-6-8-17(26)9-7-16)22(15-33)31-24(35)32-23-21(25(27,28)29)13-30-34(23)18-4-3-5-19(12-18)37-2/h3-9,12-13,20,22H,10-11,14-15H2,1-2H3,(H2,31,32,35)/t20-,22+/m0/s1. The minimum atomic E-state index is -4.75. The molecule has 3 aromatic rings. The van der Waals surface area contributed by atoms with E-state index in [-0.39, 0.29) is 17.4 Å². The summed E-state index contributed by atoms with van der Waals surface area (Å²) >= 11 is 0. The monoisotopic (exact) mass is 521 g/mol. The predicted octanol–water partition coefficient (Wildman–Crippen LogP) is 4.27. The molecule has 2 N–H and O–H groups in total. The van der Waals surface area contributed by atoms with Gasteiger partial charge in [0, 0.05) is 38.7 Å². The van der Waals surface area contributed by atoms with Gasteiger partial charge in [-0.1, -0.05) is 18.2 Å². The van der Waals surface area contributed by atoms with Crippen molar-refractivity contribution < 1.29 is 31.8 Å². The molecule has 1 aliphatic heterocycles. The number of rotatable bonds is 8. The molecule has 2 aromatic carbocycles. The number of nitrogens with zero attached hydrogens (tertiary/aromatic N) is 3. The highest BCUT2D eigenvalue weighted by Gasteiger charge is 2.39. The Hall–Kier alpha value is -3.64. The fraction of sp³-hybridized carbons (Fsp3) is 0.360.